The summed E-state index contributed by atoms with van der Waals surface area (Å²) in [6.45, 7) is 1.85. The van der Waals surface area contributed by atoms with Gasteiger partial charge in [-0.15, -0.1) is 0 Å². The molecule has 2 aromatic rings. The van der Waals surface area contributed by atoms with Crippen LogP contribution in [0.1, 0.15) is 16.7 Å². The summed E-state index contributed by atoms with van der Waals surface area (Å²) >= 11 is 0. The topological polar surface area (TPSA) is 32.7 Å². The Labute approximate surface area is 120 Å². The molecule has 0 fully saturated rings. The van der Waals surface area contributed by atoms with Crippen LogP contribution in [0.3, 0.4) is 0 Å². The van der Waals surface area contributed by atoms with E-state index in [9.17, 15) is 0 Å². The molecular weight excluding hydrogens is 250 g/mol. The Morgan fingerprint density at radius 1 is 0.950 bits per heavy atom. The molecule has 0 saturated heterocycles. The number of hydrogen-bond donors (Lipinski definition) is 1. The molecule has 3 heteroatoms. The molecule has 0 amide bonds. The molecule has 0 aliphatic heterocycles. The van der Waals surface area contributed by atoms with Crippen molar-refractivity contribution >= 4 is 0 Å². The molecule has 0 unspecified atom stereocenters. The van der Waals surface area contributed by atoms with Crippen LogP contribution >= 0.6 is 0 Å². The Morgan fingerprint density at radius 3 is 2.25 bits per heavy atom. The smallest absolute Gasteiger partial charge is 0.119 e. The molecule has 0 heterocycles. The largest absolute Gasteiger partial charge is 0.497 e. The van der Waals surface area contributed by atoms with Gasteiger partial charge >= 0.3 is 0 Å². The van der Waals surface area contributed by atoms with E-state index in [1.165, 1.54) is 11.1 Å². The molecule has 0 atom stereocenters. The minimum absolute atomic E-state index is 0.0972. The number of aliphatic hydroxyl groups is 1. The molecule has 0 aliphatic rings. The Bertz CT molecular complexity index is 537. The summed E-state index contributed by atoms with van der Waals surface area (Å²) in [7, 11) is 3.78. The Hall–Kier alpha value is -1.84. The second kappa shape index (κ2) is 7.08. The summed E-state index contributed by atoms with van der Waals surface area (Å²) in [5, 5.41) is 9.03. The number of nitrogens with zero attached hydrogens (tertiary/aromatic N) is 1. The molecule has 0 aromatic heterocycles. The third-order valence-corrected chi connectivity index (χ3v) is 3.24. The van der Waals surface area contributed by atoms with Crippen LogP contribution in [0.2, 0.25) is 0 Å². The summed E-state index contributed by atoms with van der Waals surface area (Å²) in [5.41, 5.74) is 3.43. The van der Waals surface area contributed by atoms with E-state index in [2.05, 4.69) is 36.2 Å². The van der Waals surface area contributed by atoms with E-state index >= 15 is 0 Å². The zero-order valence-electron chi connectivity index (χ0n) is 12.0. The highest BCUT2D eigenvalue weighted by atomic mass is 16.5. The summed E-state index contributed by atoms with van der Waals surface area (Å²) in [6.07, 6.45) is 0. The molecule has 1 N–H and O–H groups in total. The number of benzene rings is 2. The predicted molar refractivity (Wildman–Crippen MR) is 80.5 cm³/mol. The van der Waals surface area contributed by atoms with Gasteiger partial charge in [0.2, 0.25) is 0 Å². The molecule has 106 valence electrons. The van der Waals surface area contributed by atoms with Gasteiger partial charge in [-0.1, -0.05) is 36.4 Å². The van der Waals surface area contributed by atoms with Crippen molar-refractivity contribution in [3.05, 3.63) is 65.2 Å². The van der Waals surface area contributed by atoms with Crippen molar-refractivity contribution in [2.75, 3.05) is 14.2 Å². The SMILES string of the molecule is COc1cccc(CN(C)Cc2ccc(CO)cc2)c1. The maximum atomic E-state index is 9.03. The van der Waals surface area contributed by atoms with Gasteiger partial charge in [0.05, 0.1) is 13.7 Å². The number of methoxy groups -OCH3 is 1. The van der Waals surface area contributed by atoms with Crippen molar-refractivity contribution in [2.24, 2.45) is 0 Å². The van der Waals surface area contributed by atoms with Crippen LogP contribution < -0.4 is 4.74 Å². The lowest BCUT2D eigenvalue weighted by Gasteiger charge is -2.17. The van der Waals surface area contributed by atoms with E-state index in [0.29, 0.717) is 0 Å². The number of hydrogen-bond acceptors (Lipinski definition) is 3. The monoisotopic (exact) mass is 271 g/mol. The lowest BCUT2D eigenvalue weighted by atomic mass is 10.1. The van der Waals surface area contributed by atoms with Gasteiger partial charge in [0.1, 0.15) is 5.75 Å². The van der Waals surface area contributed by atoms with Gasteiger partial charge in [0.25, 0.3) is 0 Å². The fraction of sp³-hybridized carbons (Fsp3) is 0.294. The molecule has 2 rings (SSSR count). The van der Waals surface area contributed by atoms with Gasteiger partial charge in [-0.2, -0.15) is 0 Å². The first-order chi connectivity index (χ1) is 9.71. The molecule has 0 bridgehead atoms. The second-order valence-electron chi connectivity index (χ2n) is 5.00. The number of rotatable bonds is 6. The van der Waals surface area contributed by atoms with Crippen LogP contribution in [0.5, 0.6) is 5.75 Å². The first-order valence-corrected chi connectivity index (χ1v) is 6.71. The first-order valence-electron chi connectivity index (χ1n) is 6.71. The lowest BCUT2D eigenvalue weighted by molar-refractivity contribution is 0.281. The summed E-state index contributed by atoms with van der Waals surface area (Å²) in [5.74, 6) is 0.892. The van der Waals surface area contributed by atoms with E-state index < -0.39 is 0 Å². The molecule has 3 nitrogen and oxygen atoms in total. The molecule has 0 radical (unpaired) electrons. The highest BCUT2D eigenvalue weighted by Gasteiger charge is 2.03. The molecular formula is C17H21NO2. The van der Waals surface area contributed by atoms with Gasteiger partial charge in [-0.05, 0) is 35.9 Å². The van der Waals surface area contributed by atoms with Crippen molar-refractivity contribution in [1.82, 2.24) is 4.90 Å². The van der Waals surface area contributed by atoms with Crippen LogP contribution in [-0.2, 0) is 19.7 Å². The third kappa shape index (κ3) is 4.08. The number of aliphatic hydroxyl groups excluding tert-OH is 1. The Kier molecular flexibility index (Phi) is 5.16. The van der Waals surface area contributed by atoms with Crippen LogP contribution in [0, 0.1) is 0 Å². The van der Waals surface area contributed by atoms with Crippen molar-refractivity contribution in [2.45, 2.75) is 19.7 Å². The average Bonchev–Trinajstić information content (AvgIpc) is 2.48. The predicted octanol–water partition coefficient (Wildman–Crippen LogP) is 2.82. The van der Waals surface area contributed by atoms with Crippen LogP contribution in [0.25, 0.3) is 0 Å². The van der Waals surface area contributed by atoms with Crippen LogP contribution in [-0.4, -0.2) is 24.2 Å². The molecule has 2 aromatic carbocycles. The van der Waals surface area contributed by atoms with Gasteiger partial charge in [0, 0.05) is 13.1 Å². The average molecular weight is 271 g/mol. The van der Waals surface area contributed by atoms with Crippen molar-refractivity contribution in [3.8, 4) is 5.75 Å². The van der Waals surface area contributed by atoms with Crippen molar-refractivity contribution in [1.29, 1.82) is 0 Å². The zero-order chi connectivity index (χ0) is 14.4. The van der Waals surface area contributed by atoms with Crippen molar-refractivity contribution < 1.29 is 9.84 Å². The maximum Gasteiger partial charge on any atom is 0.119 e. The molecule has 20 heavy (non-hydrogen) atoms. The standard InChI is InChI=1S/C17H21NO2/c1-18(11-14-6-8-15(13-19)9-7-14)12-16-4-3-5-17(10-16)20-2/h3-10,19H,11-13H2,1-2H3. The van der Waals surface area contributed by atoms with Crippen molar-refractivity contribution in [3.63, 3.8) is 0 Å². The van der Waals surface area contributed by atoms with E-state index in [1.54, 1.807) is 7.11 Å². The van der Waals surface area contributed by atoms with E-state index in [0.717, 1.165) is 24.4 Å². The van der Waals surface area contributed by atoms with Gasteiger partial charge in [0.15, 0.2) is 0 Å². The third-order valence-electron chi connectivity index (χ3n) is 3.24. The summed E-state index contributed by atoms with van der Waals surface area (Å²) in [6, 6.07) is 16.2. The maximum absolute atomic E-state index is 9.03. The minimum atomic E-state index is 0.0972. The first kappa shape index (κ1) is 14.6. The Balaban J connectivity index is 1.95. The van der Waals surface area contributed by atoms with Gasteiger partial charge < -0.3 is 9.84 Å². The van der Waals surface area contributed by atoms with Gasteiger partial charge in [-0.3, -0.25) is 4.90 Å². The molecule has 0 spiro atoms. The van der Waals surface area contributed by atoms with Gasteiger partial charge in [-0.25, -0.2) is 0 Å². The highest BCUT2D eigenvalue weighted by molar-refractivity contribution is 5.28. The summed E-state index contributed by atoms with van der Waals surface area (Å²) < 4.78 is 5.24. The fourth-order valence-corrected chi connectivity index (χ4v) is 2.20. The lowest BCUT2D eigenvalue weighted by Crippen LogP contribution is -2.17. The summed E-state index contributed by atoms with van der Waals surface area (Å²) in [4.78, 5) is 2.25. The highest BCUT2D eigenvalue weighted by Crippen LogP contribution is 2.15. The zero-order valence-corrected chi connectivity index (χ0v) is 12.0. The minimum Gasteiger partial charge on any atom is -0.497 e. The Morgan fingerprint density at radius 2 is 1.60 bits per heavy atom. The van der Waals surface area contributed by atoms with Crippen LogP contribution in [0.4, 0.5) is 0 Å². The molecule has 0 saturated carbocycles. The van der Waals surface area contributed by atoms with E-state index in [1.807, 2.05) is 24.3 Å². The van der Waals surface area contributed by atoms with E-state index in [4.69, 9.17) is 9.84 Å². The van der Waals surface area contributed by atoms with Crippen LogP contribution in [0.15, 0.2) is 48.5 Å². The quantitative estimate of drug-likeness (QED) is 0.877. The normalized spacial score (nSPS) is 10.8. The molecule has 0 aliphatic carbocycles. The number of ether oxygens (including phenoxy) is 1. The van der Waals surface area contributed by atoms with E-state index in [-0.39, 0.29) is 6.61 Å². The fourth-order valence-electron chi connectivity index (χ4n) is 2.20. The second-order valence-corrected chi connectivity index (χ2v) is 5.00.